The van der Waals surface area contributed by atoms with Gasteiger partial charge in [-0.2, -0.15) is 5.26 Å². The van der Waals surface area contributed by atoms with Gasteiger partial charge in [0.2, 0.25) is 0 Å². The van der Waals surface area contributed by atoms with Crippen molar-refractivity contribution in [3.8, 4) is 6.07 Å². The number of rotatable bonds is 6. The third-order valence-corrected chi connectivity index (χ3v) is 3.82. The number of halogens is 1. The van der Waals surface area contributed by atoms with Gasteiger partial charge >= 0.3 is 5.97 Å². The summed E-state index contributed by atoms with van der Waals surface area (Å²) < 4.78 is 18.2. The Labute approximate surface area is 151 Å². The first-order valence-corrected chi connectivity index (χ1v) is 8.13. The fourth-order valence-electron chi connectivity index (χ4n) is 2.32. The number of nitriles is 1. The zero-order valence-electron chi connectivity index (χ0n) is 14.5. The lowest BCUT2D eigenvalue weighted by Crippen LogP contribution is -2.45. The Balaban J connectivity index is 2.04. The Kier molecular flexibility index (Phi) is 6.45. The molecule has 2 rings (SSSR count). The van der Waals surface area contributed by atoms with Gasteiger partial charge in [-0.15, -0.1) is 0 Å². The van der Waals surface area contributed by atoms with E-state index in [1.807, 2.05) is 6.07 Å². The molecular weight excluding hydrogens is 335 g/mol. The summed E-state index contributed by atoms with van der Waals surface area (Å²) in [6.45, 7) is 3.50. The second-order valence-corrected chi connectivity index (χ2v) is 6.08. The van der Waals surface area contributed by atoms with Crippen LogP contribution in [0.15, 0.2) is 48.5 Å². The summed E-state index contributed by atoms with van der Waals surface area (Å²) in [5.41, 5.74) is 1.27. The standard InChI is InChI=1S/C20H19FN2O3/c1-13(2)18(23-19(24)14-7-9-17(21)10-8-14)20(25)26-12-16-6-4-3-5-15(16)11-22/h3-10,13,18H,12H2,1-2H3,(H,23,24)/t18-/m0/s1. The van der Waals surface area contributed by atoms with E-state index in [0.29, 0.717) is 11.1 Å². The van der Waals surface area contributed by atoms with Crippen LogP contribution < -0.4 is 5.32 Å². The summed E-state index contributed by atoms with van der Waals surface area (Å²) >= 11 is 0. The number of carbonyl (C=O) groups excluding carboxylic acids is 2. The molecule has 2 aromatic rings. The Bertz CT molecular complexity index is 826. The van der Waals surface area contributed by atoms with Crippen LogP contribution in [0.1, 0.15) is 35.3 Å². The Morgan fingerprint density at radius 1 is 1.15 bits per heavy atom. The Morgan fingerprint density at radius 2 is 1.81 bits per heavy atom. The van der Waals surface area contributed by atoms with Crippen molar-refractivity contribution >= 4 is 11.9 Å². The molecule has 0 fully saturated rings. The van der Waals surface area contributed by atoms with Crippen LogP contribution in [0.25, 0.3) is 0 Å². The molecule has 5 nitrogen and oxygen atoms in total. The monoisotopic (exact) mass is 354 g/mol. The van der Waals surface area contributed by atoms with Crippen molar-refractivity contribution in [2.45, 2.75) is 26.5 Å². The fourth-order valence-corrected chi connectivity index (χ4v) is 2.32. The molecule has 0 aliphatic heterocycles. The molecule has 1 N–H and O–H groups in total. The largest absolute Gasteiger partial charge is 0.459 e. The summed E-state index contributed by atoms with van der Waals surface area (Å²) in [6.07, 6.45) is 0. The maximum Gasteiger partial charge on any atom is 0.329 e. The number of esters is 1. The van der Waals surface area contributed by atoms with Crippen LogP contribution in [0.2, 0.25) is 0 Å². The van der Waals surface area contributed by atoms with Crippen LogP contribution >= 0.6 is 0 Å². The molecule has 0 saturated carbocycles. The SMILES string of the molecule is CC(C)[C@H](NC(=O)c1ccc(F)cc1)C(=O)OCc1ccccc1C#N. The highest BCUT2D eigenvalue weighted by Crippen LogP contribution is 2.12. The minimum absolute atomic E-state index is 0.0573. The minimum Gasteiger partial charge on any atom is -0.459 e. The van der Waals surface area contributed by atoms with Crippen LogP contribution in [0.3, 0.4) is 0 Å². The number of amides is 1. The number of hydrogen-bond acceptors (Lipinski definition) is 4. The minimum atomic E-state index is -0.859. The average Bonchev–Trinajstić information content (AvgIpc) is 2.64. The summed E-state index contributed by atoms with van der Waals surface area (Å²) in [4.78, 5) is 24.7. The number of benzene rings is 2. The van der Waals surface area contributed by atoms with Crippen molar-refractivity contribution in [3.63, 3.8) is 0 Å². The lowest BCUT2D eigenvalue weighted by atomic mass is 10.0. The van der Waals surface area contributed by atoms with Gasteiger partial charge in [0.1, 0.15) is 18.5 Å². The topological polar surface area (TPSA) is 79.2 Å². The van der Waals surface area contributed by atoms with Gasteiger partial charge in [-0.05, 0) is 36.2 Å². The van der Waals surface area contributed by atoms with Gasteiger partial charge in [-0.25, -0.2) is 9.18 Å². The van der Waals surface area contributed by atoms with Crippen molar-refractivity contribution < 1.29 is 18.7 Å². The first kappa shape index (κ1) is 19.1. The molecule has 0 heterocycles. The van der Waals surface area contributed by atoms with E-state index in [1.165, 1.54) is 24.3 Å². The van der Waals surface area contributed by atoms with Crippen molar-refractivity contribution in [2.24, 2.45) is 5.92 Å². The molecule has 0 aliphatic carbocycles. The number of nitrogens with one attached hydrogen (secondary N) is 1. The van der Waals surface area contributed by atoms with Gasteiger partial charge in [-0.3, -0.25) is 4.79 Å². The number of hydrogen-bond donors (Lipinski definition) is 1. The molecule has 1 atom stereocenters. The number of ether oxygens (including phenoxy) is 1. The second kappa shape index (κ2) is 8.77. The van der Waals surface area contributed by atoms with Crippen LogP contribution in [0.5, 0.6) is 0 Å². The van der Waals surface area contributed by atoms with Gasteiger partial charge in [0.15, 0.2) is 0 Å². The van der Waals surface area contributed by atoms with Gasteiger partial charge in [0.05, 0.1) is 11.6 Å². The number of nitrogens with zero attached hydrogens (tertiary/aromatic N) is 1. The highest BCUT2D eigenvalue weighted by Gasteiger charge is 2.26. The van der Waals surface area contributed by atoms with Crippen LogP contribution in [-0.4, -0.2) is 17.9 Å². The predicted molar refractivity (Wildman–Crippen MR) is 93.4 cm³/mol. The molecular formula is C20H19FN2O3. The normalized spacial score (nSPS) is 11.5. The quantitative estimate of drug-likeness (QED) is 0.808. The van der Waals surface area contributed by atoms with Gasteiger partial charge in [-0.1, -0.05) is 32.0 Å². The van der Waals surface area contributed by atoms with E-state index in [1.54, 1.807) is 38.1 Å². The van der Waals surface area contributed by atoms with Gasteiger partial charge in [0, 0.05) is 11.1 Å². The maximum atomic E-state index is 13.0. The summed E-state index contributed by atoms with van der Waals surface area (Å²) in [5, 5.41) is 11.7. The van der Waals surface area contributed by atoms with E-state index < -0.39 is 23.7 Å². The molecule has 134 valence electrons. The third kappa shape index (κ3) is 4.90. The van der Waals surface area contributed by atoms with Crippen LogP contribution in [0, 0.1) is 23.1 Å². The van der Waals surface area contributed by atoms with Crippen LogP contribution in [-0.2, 0) is 16.1 Å². The molecule has 0 bridgehead atoms. The molecule has 1 amide bonds. The van der Waals surface area contributed by atoms with E-state index >= 15 is 0 Å². The van der Waals surface area contributed by atoms with Crippen molar-refractivity contribution in [2.75, 3.05) is 0 Å². The second-order valence-electron chi connectivity index (χ2n) is 6.08. The predicted octanol–water partition coefficient (Wildman–Crippen LogP) is 3.20. The summed E-state index contributed by atoms with van der Waals surface area (Å²) in [5.74, 6) is -1.74. The van der Waals surface area contributed by atoms with Gasteiger partial charge < -0.3 is 10.1 Å². The molecule has 0 saturated heterocycles. The van der Waals surface area contributed by atoms with E-state index in [4.69, 9.17) is 10.00 Å². The highest BCUT2D eigenvalue weighted by molar-refractivity contribution is 5.96. The fraction of sp³-hybridized carbons (Fsp3) is 0.250. The first-order chi connectivity index (χ1) is 12.4. The molecule has 0 aromatic heterocycles. The molecule has 0 unspecified atom stereocenters. The van der Waals surface area contributed by atoms with Gasteiger partial charge in [0.25, 0.3) is 5.91 Å². The molecule has 6 heteroatoms. The molecule has 0 spiro atoms. The van der Waals surface area contributed by atoms with E-state index in [2.05, 4.69) is 5.32 Å². The third-order valence-electron chi connectivity index (χ3n) is 3.82. The smallest absolute Gasteiger partial charge is 0.329 e. The molecule has 0 aliphatic rings. The average molecular weight is 354 g/mol. The Hall–Kier alpha value is -3.20. The number of carbonyl (C=O) groups is 2. The van der Waals surface area contributed by atoms with E-state index in [-0.39, 0.29) is 18.1 Å². The van der Waals surface area contributed by atoms with E-state index in [0.717, 1.165) is 0 Å². The van der Waals surface area contributed by atoms with Crippen LogP contribution in [0.4, 0.5) is 4.39 Å². The zero-order chi connectivity index (χ0) is 19.1. The van der Waals surface area contributed by atoms with E-state index in [9.17, 15) is 14.0 Å². The summed E-state index contributed by atoms with van der Waals surface area (Å²) in [7, 11) is 0. The lowest BCUT2D eigenvalue weighted by molar-refractivity contribution is -0.148. The van der Waals surface area contributed by atoms with Crippen molar-refractivity contribution in [1.82, 2.24) is 5.32 Å². The molecule has 26 heavy (non-hydrogen) atoms. The lowest BCUT2D eigenvalue weighted by Gasteiger charge is -2.21. The summed E-state index contributed by atoms with van der Waals surface area (Å²) in [6, 6.07) is 13.0. The molecule has 2 aromatic carbocycles. The van der Waals surface area contributed by atoms with Crippen molar-refractivity contribution in [3.05, 3.63) is 71.0 Å². The van der Waals surface area contributed by atoms with Crippen molar-refractivity contribution in [1.29, 1.82) is 5.26 Å². The molecule has 0 radical (unpaired) electrons. The highest BCUT2D eigenvalue weighted by atomic mass is 19.1. The maximum absolute atomic E-state index is 13.0. The first-order valence-electron chi connectivity index (χ1n) is 8.13. The Morgan fingerprint density at radius 3 is 2.42 bits per heavy atom. The zero-order valence-corrected chi connectivity index (χ0v) is 14.5.